The van der Waals surface area contributed by atoms with Crippen LogP contribution < -0.4 is 15.4 Å². The molecule has 2 heterocycles. The van der Waals surface area contributed by atoms with Crippen LogP contribution in [0.15, 0.2) is 67.0 Å². The number of rotatable bonds is 11. The minimum atomic E-state index is -1.16. The number of hydrogen-bond acceptors (Lipinski definition) is 7. The van der Waals surface area contributed by atoms with Gasteiger partial charge in [-0.15, -0.1) is 11.3 Å². The summed E-state index contributed by atoms with van der Waals surface area (Å²) in [6, 6.07) is 15.6. The number of benzene rings is 2. The van der Waals surface area contributed by atoms with Crippen molar-refractivity contribution in [3.05, 3.63) is 87.9 Å². The number of aromatic nitrogens is 2. The van der Waals surface area contributed by atoms with Gasteiger partial charge in [0.1, 0.15) is 17.8 Å². The summed E-state index contributed by atoms with van der Waals surface area (Å²) < 4.78 is 5.90. The molecule has 0 saturated heterocycles. The third kappa shape index (κ3) is 7.09. The molecule has 4 unspecified atom stereocenters. The number of carboxylic acids is 1. The van der Waals surface area contributed by atoms with Crippen molar-refractivity contribution in [3.8, 4) is 28.3 Å². The van der Waals surface area contributed by atoms with Crippen molar-refractivity contribution in [2.75, 3.05) is 7.11 Å². The Morgan fingerprint density at radius 3 is 2.31 bits per heavy atom. The number of ether oxygens (including phenoxy) is 1. The van der Waals surface area contributed by atoms with Crippen molar-refractivity contribution in [1.82, 2.24) is 20.6 Å². The second-order valence-electron chi connectivity index (χ2n) is 16.6. The van der Waals surface area contributed by atoms with Crippen LogP contribution in [0.2, 0.25) is 0 Å². The molecule has 6 atom stereocenters. The maximum Gasteiger partial charge on any atom is 0.325 e. The molecule has 2 aromatic carbocycles. The molecule has 10 heteroatoms. The number of nitrogens with zero attached hydrogens (tertiary/aromatic N) is 2. The first-order valence-corrected chi connectivity index (χ1v) is 19.0. The number of carbonyl (C=O) groups excluding carboxylic acids is 2. The summed E-state index contributed by atoms with van der Waals surface area (Å²) in [6.45, 7) is 10.0. The third-order valence-corrected chi connectivity index (χ3v) is 13.1. The Morgan fingerprint density at radius 1 is 0.962 bits per heavy atom. The van der Waals surface area contributed by atoms with E-state index in [1.54, 1.807) is 13.2 Å². The van der Waals surface area contributed by atoms with Gasteiger partial charge in [0.25, 0.3) is 5.91 Å². The zero-order valence-electron chi connectivity index (χ0n) is 30.8. The highest BCUT2D eigenvalue weighted by atomic mass is 32.1. The SMILES string of the molecule is COc1ccc(-c2cnc(-c3ccc(C[C@H](NC(=O)c4ccc(C(C)(C)C)s4)C(=O)N[C@H](C)C(=O)O)cc3)nc2)cc1C1(C)CC2CC3CC3(C2)C1. The van der Waals surface area contributed by atoms with E-state index in [1.165, 1.54) is 55.9 Å². The Kier molecular flexibility index (Phi) is 9.26. The van der Waals surface area contributed by atoms with Crippen LogP contribution in [0.4, 0.5) is 0 Å². The smallest absolute Gasteiger partial charge is 0.325 e. The quantitative estimate of drug-likeness (QED) is 0.146. The summed E-state index contributed by atoms with van der Waals surface area (Å²) in [5, 5.41) is 14.7. The normalized spacial score (nSPS) is 24.3. The van der Waals surface area contributed by atoms with Crippen molar-refractivity contribution >= 4 is 29.1 Å². The molecule has 3 aliphatic rings. The molecule has 7 rings (SSSR count). The van der Waals surface area contributed by atoms with Gasteiger partial charge < -0.3 is 20.5 Å². The lowest BCUT2D eigenvalue weighted by atomic mass is 9.63. The molecule has 2 aromatic heterocycles. The molecule has 272 valence electrons. The zero-order valence-corrected chi connectivity index (χ0v) is 31.6. The summed E-state index contributed by atoms with van der Waals surface area (Å²) in [5.74, 6) is 1.16. The van der Waals surface area contributed by atoms with E-state index in [-0.39, 0.29) is 23.2 Å². The maximum absolute atomic E-state index is 13.2. The van der Waals surface area contributed by atoms with Crippen molar-refractivity contribution in [3.63, 3.8) is 0 Å². The summed E-state index contributed by atoms with van der Waals surface area (Å²) >= 11 is 1.38. The molecule has 3 saturated carbocycles. The molecule has 3 N–H and O–H groups in total. The van der Waals surface area contributed by atoms with E-state index >= 15 is 0 Å². The fraction of sp³-hybridized carbons (Fsp3) is 0.452. The van der Waals surface area contributed by atoms with Gasteiger partial charge in [0.2, 0.25) is 5.91 Å². The lowest BCUT2D eigenvalue weighted by Gasteiger charge is -2.41. The minimum absolute atomic E-state index is 0.0921. The standard InChI is InChI=1S/C42H48N4O5S/c1-24(39(49)50)45-37(47)32(46-38(48)34-13-14-35(52-34)40(2,3)4)16-25-7-9-27(10-8-25)36-43-21-29(22-44-36)28-11-12-33(51-6)31(17-28)41(5)18-26-15-30-20-42(30,19-26)23-41/h7-14,17,21-22,24,26,30,32H,15-16,18-20,23H2,1-6H3,(H,45,47)(H,46,48)(H,49,50)/t24-,26?,30?,32+,41?,42?/m1/s1. The Balaban J connectivity index is 1.06. The first-order valence-electron chi connectivity index (χ1n) is 18.2. The van der Waals surface area contributed by atoms with Gasteiger partial charge in [-0.25, -0.2) is 9.97 Å². The number of carbonyl (C=O) groups is 3. The average molecular weight is 721 g/mol. The van der Waals surface area contributed by atoms with E-state index in [9.17, 15) is 19.5 Å². The van der Waals surface area contributed by atoms with E-state index in [2.05, 4.69) is 56.5 Å². The first-order chi connectivity index (χ1) is 24.7. The molecule has 0 radical (unpaired) electrons. The molecule has 3 fully saturated rings. The molecule has 1 spiro atoms. The number of thiophene rings is 1. The number of aliphatic carboxylic acids is 1. The van der Waals surface area contributed by atoms with Gasteiger partial charge in [0.15, 0.2) is 5.82 Å². The Labute approximate surface area is 309 Å². The van der Waals surface area contributed by atoms with Crippen molar-refractivity contribution in [2.24, 2.45) is 17.3 Å². The van der Waals surface area contributed by atoms with Crippen LogP contribution in [0.3, 0.4) is 0 Å². The molecule has 2 bridgehead atoms. The maximum atomic E-state index is 13.2. The van der Waals surface area contributed by atoms with E-state index in [1.807, 2.05) is 42.7 Å². The summed E-state index contributed by atoms with van der Waals surface area (Å²) in [5.41, 5.74) is 5.43. The van der Waals surface area contributed by atoms with Crippen molar-refractivity contribution in [1.29, 1.82) is 0 Å². The Bertz CT molecular complexity index is 2000. The minimum Gasteiger partial charge on any atom is -0.496 e. The number of carboxylic acid groups (broad SMARTS) is 1. The zero-order chi connectivity index (χ0) is 37.0. The second-order valence-corrected chi connectivity index (χ2v) is 17.7. The largest absolute Gasteiger partial charge is 0.496 e. The predicted octanol–water partition coefficient (Wildman–Crippen LogP) is 7.58. The fourth-order valence-corrected chi connectivity index (χ4v) is 9.87. The van der Waals surface area contributed by atoms with E-state index in [0.29, 0.717) is 16.1 Å². The van der Waals surface area contributed by atoms with E-state index in [0.717, 1.165) is 44.7 Å². The number of hydrogen-bond donors (Lipinski definition) is 3. The lowest BCUT2D eigenvalue weighted by Crippen LogP contribution is -2.51. The Morgan fingerprint density at radius 2 is 1.67 bits per heavy atom. The summed E-state index contributed by atoms with van der Waals surface area (Å²) in [7, 11) is 1.76. The molecular formula is C42H48N4O5S. The van der Waals surface area contributed by atoms with Crippen LogP contribution in [-0.4, -0.2) is 52.1 Å². The monoisotopic (exact) mass is 720 g/mol. The molecule has 3 aliphatic carbocycles. The highest BCUT2D eigenvalue weighted by Crippen LogP contribution is 2.74. The van der Waals surface area contributed by atoms with E-state index < -0.39 is 24.0 Å². The average Bonchev–Trinajstić information content (AvgIpc) is 3.41. The van der Waals surface area contributed by atoms with Crippen LogP contribution >= 0.6 is 11.3 Å². The van der Waals surface area contributed by atoms with Crippen LogP contribution in [0.5, 0.6) is 5.75 Å². The van der Waals surface area contributed by atoms with Gasteiger partial charge >= 0.3 is 5.97 Å². The number of nitrogens with one attached hydrogen (secondary N) is 2. The highest BCUT2D eigenvalue weighted by molar-refractivity contribution is 7.14. The lowest BCUT2D eigenvalue weighted by molar-refractivity contribution is -0.141. The van der Waals surface area contributed by atoms with Gasteiger partial charge in [0.05, 0.1) is 12.0 Å². The van der Waals surface area contributed by atoms with Gasteiger partial charge in [-0.05, 0) is 103 Å². The summed E-state index contributed by atoms with van der Waals surface area (Å²) in [4.78, 5) is 48.9. The Hall–Kier alpha value is -4.57. The summed E-state index contributed by atoms with van der Waals surface area (Å²) in [6.07, 6.45) is 10.5. The number of fused-ring (bicyclic) bond motifs is 1. The third-order valence-electron chi connectivity index (χ3n) is 11.6. The van der Waals surface area contributed by atoms with Crippen LogP contribution in [0.25, 0.3) is 22.5 Å². The number of methoxy groups -OCH3 is 1. The van der Waals surface area contributed by atoms with Gasteiger partial charge in [0, 0.05) is 40.4 Å². The van der Waals surface area contributed by atoms with Gasteiger partial charge in [-0.2, -0.15) is 0 Å². The molecule has 0 aliphatic heterocycles. The molecule has 4 aromatic rings. The number of amides is 2. The topological polar surface area (TPSA) is 131 Å². The molecule has 2 amide bonds. The molecular weight excluding hydrogens is 673 g/mol. The van der Waals surface area contributed by atoms with Crippen molar-refractivity contribution < 1.29 is 24.2 Å². The highest BCUT2D eigenvalue weighted by Gasteiger charge is 2.65. The van der Waals surface area contributed by atoms with Crippen LogP contribution in [0, 0.1) is 17.3 Å². The van der Waals surface area contributed by atoms with Crippen LogP contribution in [0.1, 0.15) is 92.4 Å². The van der Waals surface area contributed by atoms with Gasteiger partial charge in [-0.1, -0.05) is 58.0 Å². The first kappa shape index (κ1) is 35.8. The molecule has 52 heavy (non-hydrogen) atoms. The van der Waals surface area contributed by atoms with E-state index in [4.69, 9.17) is 14.7 Å². The fourth-order valence-electron chi connectivity index (χ4n) is 8.90. The molecule has 9 nitrogen and oxygen atoms in total. The predicted molar refractivity (Wildman–Crippen MR) is 203 cm³/mol. The second kappa shape index (κ2) is 13.4. The van der Waals surface area contributed by atoms with Crippen LogP contribution in [-0.2, 0) is 26.8 Å². The van der Waals surface area contributed by atoms with Crippen molar-refractivity contribution in [2.45, 2.75) is 96.1 Å². The van der Waals surface area contributed by atoms with Gasteiger partial charge in [-0.3, -0.25) is 14.4 Å².